The van der Waals surface area contributed by atoms with E-state index in [9.17, 15) is 31.1 Å². The Morgan fingerprint density at radius 2 is 1.74 bits per heavy atom. The molecule has 19 heavy (non-hydrogen) atoms. The van der Waals surface area contributed by atoms with Gasteiger partial charge in [0.05, 0.1) is 5.56 Å². The van der Waals surface area contributed by atoms with Gasteiger partial charge in [-0.2, -0.15) is 13.2 Å². The van der Waals surface area contributed by atoms with Crippen LogP contribution in [0.2, 0.25) is 0 Å². The first-order valence-corrected chi connectivity index (χ1v) is 4.22. The molecule has 0 aliphatic rings. The normalized spacial score (nSPS) is 12.3. The average Bonchev–Trinajstić information content (AvgIpc) is 2.16. The van der Waals surface area contributed by atoms with Crippen LogP contribution >= 0.6 is 0 Å². The van der Waals surface area contributed by atoms with Crippen LogP contribution in [0.15, 0.2) is 6.07 Å². The molecular formula is C8H3F6NO4. The van der Waals surface area contributed by atoms with E-state index in [-0.39, 0.29) is 6.07 Å². The fourth-order valence-corrected chi connectivity index (χ4v) is 1.05. The number of hydrogen-bond donors (Lipinski definition) is 2. The van der Waals surface area contributed by atoms with Crippen LogP contribution in [0.5, 0.6) is 11.6 Å². The number of aromatic hydroxyl groups is 1. The number of rotatable bonds is 2. The highest BCUT2D eigenvalue weighted by molar-refractivity contribution is 5.87. The van der Waals surface area contributed by atoms with Crippen LogP contribution in [0.1, 0.15) is 16.1 Å². The fourth-order valence-electron chi connectivity index (χ4n) is 1.05. The first kappa shape index (κ1) is 14.9. The maximum Gasteiger partial charge on any atom is 0.574 e. The number of pyridine rings is 1. The van der Waals surface area contributed by atoms with Crippen LogP contribution < -0.4 is 4.74 Å². The van der Waals surface area contributed by atoms with Gasteiger partial charge in [-0.15, -0.1) is 13.2 Å². The van der Waals surface area contributed by atoms with Crippen LogP contribution in [-0.2, 0) is 6.18 Å². The molecule has 0 spiro atoms. The first-order chi connectivity index (χ1) is 8.42. The third kappa shape index (κ3) is 3.63. The summed E-state index contributed by atoms with van der Waals surface area (Å²) in [6, 6.07) is -0.211. The lowest BCUT2D eigenvalue weighted by atomic mass is 10.1. The highest BCUT2D eigenvalue weighted by Crippen LogP contribution is 2.38. The van der Waals surface area contributed by atoms with Gasteiger partial charge >= 0.3 is 18.5 Å². The zero-order chi connectivity index (χ0) is 15.0. The second-order valence-electron chi connectivity index (χ2n) is 3.06. The van der Waals surface area contributed by atoms with E-state index < -0.39 is 41.4 Å². The zero-order valence-corrected chi connectivity index (χ0v) is 8.50. The molecule has 1 aromatic heterocycles. The Labute approximate surface area is 99.6 Å². The molecule has 0 aromatic carbocycles. The summed E-state index contributed by atoms with van der Waals surface area (Å²) in [4.78, 5) is 13.0. The fraction of sp³-hybridized carbons (Fsp3) is 0.250. The number of carboxylic acids is 1. The van der Waals surface area contributed by atoms with Crippen LogP contribution in [-0.4, -0.2) is 27.5 Å². The molecular weight excluding hydrogens is 288 g/mol. The Morgan fingerprint density at radius 3 is 2.11 bits per heavy atom. The number of ether oxygens (including phenoxy) is 1. The van der Waals surface area contributed by atoms with E-state index in [1.54, 1.807) is 0 Å². The maximum absolute atomic E-state index is 12.4. The molecule has 0 aliphatic heterocycles. The van der Waals surface area contributed by atoms with Crippen molar-refractivity contribution in [2.75, 3.05) is 0 Å². The number of carboxylic acid groups (broad SMARTS) is 1. The molecule has 0 fully saturated rings. The van der Waals surface area contributed by atoms with E-state index in [4.69, 9.17) is 10.2 Å². The number of alkyl halides is 6. The lowest BCUT2D eigenvalue weighted by molar-refractivity contribution is -0.276. The second kappa shape index (κ2) is 4.48. The summed E-state index contributed by atoms with van der Waals surface area (Å²) in [5.41, 5.74) is -3.61. The summed E-state index contributed by atoms with van der Waals surface area (Å²) >= 11 is 0. The molecule has 0 aliphatic carbocycles. The number of aromatic nitrogens is 1. The molecule has 106 valence electrons. The van der Waals surface area contributed by atoms with Crippen molar-refractivity contribution in [3.63, 3.8) is 0 Å². The molecule has 1 heterocycles. The molecule has 5 nitrogen and oxygen atoms in total. The molecule has 0 amide bonds. The minimum absolute atomic E-state index is 0.211. The lowest BCUT2D eigenvalue weighted by Gasteiger charge is -2.13. The summed E-state index contributed by atoms with van der Waals surface area (Å²) in [7, 11) is 0. The Hall–Kier alpha value is -2.20. The smallest absolute Gasteiger partial charge is 0.503 e. The largest absolute Gasteiger partial charge is 0.574 e. The standard InChI is InChI=1S/C8H3F6NO4/c9-7(10,11)2-1-3(16)5(19-8(12,13)14)15-4(2)6(17)18/h1,16H,(H,17,18). The van der Waals surface area contributed by atoms with E-state index in [1.807, 2.05) is 0 Å². The highest BCUT2D eigenvalue weighted by atomic mass is 19.4. The van der Waals surface area contributed by atoms with Crippen molar-refractivity contribution in [3.05, 3.63) is 17.3 Å². The van der Waals surface area contributed by atoms with E-state index in [0.717, 1.165) is 0 Å². The summed E-state index contributed by atoms with van der Waals surface area (Å²) in [5, 5.41) is 17.4. The van der Waals surface area contributed by atoms with Crippen molar-refractivity contribution in [2.45, 2.75) is 12.5 Å². The highest BCUT2D eigenvalue weighted by Gasteiger charge is 2.40. The van der Waals surface area contributed by atoms with Crippen molar-refractivity contribution in [3.8, 4) is 11.6 Å². The number of carbonyl (C=O) groups is 1. The minimum atomic E-state index is -5.35. The Bertz CT molecular complexity index is 509. The van der Waals surface area contributed by atoms with Gasteiger partial charge in [-0.1, -0.05) is 0 Å². The van der Waals surface area contributed by atoms with Crippen molar-refractivity contribution < 1.29 is 46.1 Å². The van der Waals surface area contributed by atoms with E-state index in [0.29, 0.717) is 0 Å². The Morgan fingerprint density at radius 1 is 1.21 bits per heavy atom. The molecule has 0 unspecified atom stereocenters. The molecule has 0 saturated carbocycles. The first-order valence-electron chi connectivity index (χ1n) is 4.22. The number of hydrogen-bond acceptors (Lipinski definition) is 4. The van der Waals surface area contributed by atoms with E-state index in [2.05, 4.69) is 9.72 Å². The minimum Gasteiger partial charge on any atom is -0.503 e. The summed E-state index contributed by atoms with van der Waals surface area (Å²) in [6.07, 6.45) is -10.6. The molecule has 0 radical (unpaired) electrons. The van der Waals surface area contributed by atoms with Crippen molar-refractivity contribution in [2.24, 2.45) is 0 Å². The average molecular weight is 291 g/mol. The summed E-state index contributed by atoms with van der Waals surface area (Å²) in [5.74, 6) is -5.49. The van der Waals surface area contributed by atoms with Gasteiger partial charge in [0.2, 0.25) is 0 Å². The van der Waals surface area contributed by atoms with Gasteiger partial charge in [0, 0.05) is 6.07 Å². The van der Waals surface area contributed by atoms with Crippen LogP contribution in [0.3, 0.4) is 0 Å². The topological polar surface area (TPSA) is 79.7 Å². The van der Waals surface area contributed by atoms with Gasteiger partial charge in [0.25, 0.3) is 5.88 Å². The maximum atomic E-state index is 12.4. The summed E-state index contributed by atoms with van der Waals surface area (Å²) in [6.45, 7) is 0. The third-order valence-corrected chi connectivity index (χ3v) is 1.69. The van der Waals surface area contributed by atoms with Crippen LogP contribution in [0, 0.1) is 0 Å². The Kier molecular flexibility index (Phi) is 3.50. The molecule has 2 N–H and O–H groups in total. The van der Waals surface area contributed by atoms with Gasteiger partial charge in [-0.05, 0) is 0 Å². The molecule has 11 heteroatoms. The lowest BCUT2D eigenvalue weighted by Crippen LogP contribution is -2.20. The molecule has 0 bridgehead atoms. The van der Waals surface area contributed by atoms with Gasteiger partial charge in [-0.25, -0.2) is 9.78 Å². The molecule has 1 rings (SSSR count). The molecule has 0 saturated heterocycles. The van der Waals surface area contributed by atoms with Crippen molar-refractivity contribution >= 4 is 5.97 Å². The quantitative estimate of drug-likeness (QED) is 0.818. The van der Waals surface area contributed by atoms with Crippen molar-refractivity contribution in [1.82, 2.24) is 4.98 Å². The SMILES string of the molecule is O=C(O)c1nc(OC(F)(F)F)c(O)cc1C(F)(F)F. The third-order valence-electron chi connectivity index (χ3n) is 1.69. The monoisotopic (exact) mass is 291 g/mol. The second-order valence-corrected chi connectivity index (χ2v) is 3.06. The predicted octanol–water partition coefficient (Wildman–Crippen LogP) is 2.40. The van der Waals surface area contributed by atoms with Crippen molar-refractivity contribution in [1.29, 1.82) is 0 Å². The van der Waals surface area contributed by atoms with E-state index in [1.165, 1.54) is 0 Å². The Balaban J connectivity index is 3.42. The van der Waals surface area contributed by atoms with E-state index >= 15 is 0 Å². The van der Waals surface area contributed by atoms with Gasteiger partial charge in [0.1, 0.15) is 0 Å². The molecule has 0 atom stereocenters. The van der Waals surface area contributed by atoms with Gasteiger partial charge in [0.15, 0.2) is 11.4 Å². The van der Waals surface area contributed by atoms with Gasteiger partial charge < -0.3 is 14.9 Å². The number of halogens is 6. The number of nitrogens with zero attached hydrogens (tertiary/aromatic N) is 1. The zero-order valence-electron chi connectivity index (χ0n) is 8.50. The van der Waals surface area contributed by atoms with Crippen LogP contribution in [0.4, 0.5) is 26.3 Å². The van der Waals surface area contributed by atoms with Crippen LogP contribution in [0.25, 0.3) is 0 Å². The number of aromatic carboxylic acids is 1. The predicted molar refractivity (Wildman–Crippen MR) is 44.5 cm³/mol. The summed E-state index contributed by atoms with van der Waals surface area (Å²) < 4.78 is 75.8. The molecule has 1 aromatic rings. The van der Waals surface area contributed by atoms with Gasteiger partial charge in [-0.3, -0.25) is 0 Å².